The van der Waals surface area contributed by atoms with Crippen LogP contribution in [0.3, 0.4) is 0 Å². The number of aryl methyl sites for hydroxylation is 1. The van der Waals surface area contributed by atoms with E-state index in [-0.39, 0.29) is 17.2 Å². The van der Waals surface area contributed by atoms with Crippen LogP contribution >= 0.6 is 11.8 Å². The summed E-state index contributed by atoms with van der Waals surface area (Å²) in [4.78, 5) is 30.3. The number of nitrogens with one attached hydrogen (secondary N) is 2. The maximum Gasteiger partial charge on any atom is 0.251 e. The predicted octanol–water partition coefficient (Wildman–Crippen LogP) is 2.01. The molecule has 24 heavy (non-hydrogen) atoms. The van der Waals surface area contributed by atoms with Gasteiger partial charge in [0.1, 0.15) is 12.4 Å². The molecule has 0 saturated heterocycles. The van der Waals surface area contributed by atoms with Crippen LogP contribution in [-0.2, 0) is 11.2 Å². The molecule has 6 nitrogen and oxygen atoms in total. The number of hydrogen-bond donors (Lipinski definition) is 2. The van der Waals surface area contributed by atoms with Gasteiger partial charge in [-0.15, -0.1) is 0 Å². The Hall–Kier alpha value is -2.28. The summed E-state index contributed by atoms with van der Waals surface area (Å²) in [5.74, 6) is 0.847. The van der Waals surface area contributed by atoms with Crippen molar-refractivity contribution in [2.75, 3.05) is 18.9 Å². The number of H-pyrrole nitrogens is 1. The number of para-hydroxylation sites is 1. The highest BCUT2D eigenvalue weighted by Crippen LogP contribution is 2.11. The van der Waals surface area contributed by atoms with Crippen molar-refractivity contribution >= 4 is 17.7 Å². The van der Waals surface area contributed by atoms with Crippen molar-refractivity contribution in [3.05, 3.63) is 52.4 Å². The second-order valence-corrected chi connectivity index (χ2v) is 6.06. The fraction of sp³-hybridized carbons (Fsp3) is 0.353. The Morgan fingerprint density at radius 3 is 2.88 bits per heavy atom. The van der Waals surface area contributed by atoms with E-state index in [9.17, 15) is 9.59 Å². The molecule has 0 saturated carbocycles. The van der Waals surface area contributed by atoms with Crippen LogP contribution in [0.1, 0.15) is 19.0 Å². The van der Waals surface area contributed by atoms with Crippen LogP contribution in [0.25, 0.3) is 0 Å². The molecule has 0 aliphatic rings. The van der Waals surface area contributed by atoms with Gasteiger partial charge in [-0.2, -0.15) is 0 Å². The molecule has 0 spiro atoms. The Bertz CT molecular complexity index is 704. The van der Waals surface area contributed by atoms with Gasteiger partial charge in [0.15, 0.2) is 5.16 Å². The molecule has 1 amide bonds. The topological polar surface area (TPSA) is 84.1 Å². The van der Waals surface area contributed by atoms with Crippen molar-refractivity contribution in [3.63, 3.8) is 0 Å². The summed E-state index contributed by atoms with van der Waals surface area (Å²) in [6.45, 7) is 2.86. The monoisotopic (exact) mass is 347 g/mol. The zero-order valence-corrected chi connectivity index (χ0v) is 14.4. The third-order valence-corrected chi connectivity index (χ3v) is 3.93. The average Bonchev–Trinajstić information content (AvgIpc) is 2.58. The van der Waals surface area contributed by atoms with E-state index >= 15 is 0 Å². The highest BCUT2D eigenvalue weighted by Gasteiger charge is 2.06. The smallest absolute Gasteiger partial charge is 0.251 e. The number of carbonyl (C=O) groups is 1. The van der Waals surface area contributed by atoms with E-state index in [2.05, 4.69) is 15.3 Å². The van der Waals surface area contributed by atoms with Crippen LogP contribution in [0.5, 0.6) is 5.75 Å². The van der Waals surface area contributed by atoms with Crippen molar-refractivity contribution in [1.29, 1.82) is 0 Å². The number of aromatic nitrogens is 2. The first-order valence-electron chi connectivity index (χ1n) is 7.85. The third kappa shape index (κ3) is 6.45. The molecular formula is C17H21N3O3S. The number of benzene rings is 1. The van der Waals surface area contributed by atoms with Crippen molar-refractivity contribution in [1.82, 2.24) is 15.3 Å². The lowest BCUT2D eigenvalue weighted by Gasteiger charge is -2.07. The minimum Gasteiger partial charge on any atom is -0.492 e. The fourth-order valence-electron chi connectivity index (χ4n) is 2.00. The lowest BCUT2D eigenvalue weighted by molar-refractivity contribution is -0.118. The standard InChI is InChI=1S/C17H21N3O3S/c1-2-6-13-11-15(21)20-17(19-13)24-12-16(22)18-9-10-23-14-7-4-3-5-8-14/h3-5,7-8,11H,2,6,9-10,12H2,1H3,(H,18,22)(H,19,20,21). The van der Waals surface area contributed by atoms with Gasteiger partial charge in [0.2, 0.25) is 5.91 Å². The SMILES string of the molecule is CCCc1cc(=O)[nH]c(SCC(=O)NCCOc2ccccc2)n1. The summed E-state index contributed by atoms with van der Waals surface area (Å²) in [6.07, 6.45) is 1.67. The molecular weight excluding hydrogens is 326 g/mol. The molecule has 0 radical (unpaired) electrons. The normalized spacial score (nSPS) is 10.4. The molecule has 2 rings (SSSR count). The zero-order chi connectivity index (χ0) is 17.2. The van der Waals surface area contributed by atoms with E-state index in [0.29, 0.717) is 18.3 Å². The van der Waals surface area contributed by atoms with E-state index in [0.717, 1.165) is 24.3 Å². The van der Waals surface area contributed by atoms with Gasteiger partial charge < -0.3 is 15.0 Å². The largest absolute Gasteiger partial charge is 0.492 e. The second-order valence-electron chi connectivity index (χ2n) is 5.09. The Kier molecular flexibility index (Phi) is 7.35. The highest BCUT2D eigenvalue weighted by atomic mass is 32.2. The first-order chi connectivity index (χ1) is 11.7. The summed E-state index contributed by atoms with van der Waals surface area (Å²) < 4.78 is 5.50. The van der Waals surface area contributed by atoms with Gasteiger partial charge in [0, 0.05) is 11.8 Å². The second kappa shape index (κ2) is 9.77. The van der Waals surface area contributed by atoms with Crippen molar-refractivity contribution < 1.29 is 9.53 Å². The maximum absolute atomic E-state index is 11.8. The van der Waals surface area contributed by atoms with Crippen LogP contribution in [0.15, 0.2) is 46.3 Å². The quantitative estimate of drug-likeness (QED) is 0.412. The first-order valence-corrected chi connectivity index (χ1v) is 8.83. The summed E-state index contributed by atoms with van der Waals surface area (Å²) in [7, 11) is 0. The Morgan fingerprint density at radius 2 is 2.12 bits per heavy atom. The minimum atomic E-state index is -0.187. The first kappa shape index (κ1) is 18.1. The molecule has 0 unspecified atom stereocenters. The molecule has 0 atom stereocenters. The predicted molar refractivity (Wildman–Crippen MR) is 94.5 cm³/mol. The number of rotatable bonds is 9. The molecule has 7 heteroatoms. The zero-order valence-electron chi connectivity index (χ0n) is 13.6. The van der Waals surface area contributed by atoms with Gasteiger partial charge in [-0.25, -0.2) is 4.98 Å². The molecule has 0 aliphatic heterocycles. The molecule has 1 heterocycles. The number of nitrogens with zero attached hydrogens (tertiary/aromatic N) is 1. The lowest BCUT2D eigenvalue weighted by atomic mass is 10.2. The highest BCUT2D eigenvalue weighted by molar-refractivity contribution is 7.99. The van der Waals surface area contributed by atoms with Crippen LogP contribution in [0.2, 0.25) is 0 Å². The Balaban J connectivity index is 1.70. The number of ether oxygens (including phenoxy) is 1. The minimum absolute atomic E-state index is 0.125. The van der Waals surface area contributed by atoms with Gasteiger partial charge in [-0.05, 0) is 18.6 Å². The summed E-state index contributed by atoms with van der Waals surface area (Å²) in [5.41, 5.74) is 0.563. The molecule has 1 aromatic heterocycles. The molecule has 2 aromatic rings. The van der Waals surface area contributed by atoms with Gasteiger partial charge in [-0.3, -0.25) is 9.59 Å². The van der Waals surface area contributed by atoms with Crippen LogP contribution in [0, 0.1) is 0 Å². The van der Waals surface area contributed by atoms with Crippen molar-refractivity contribution in [3.8, 4) is 5.75 Å². The van der Waals surface area contributed by atoms with Crippen LogP contribution in [0.4, 0.5) is 0 Å². The Labute approximate surface area is 145 Å². The van der Waals surface area contributed by atoms with Gasteiger partial charge in [-0.1, -0.05) is 43.3 Å². The van der Waals surface area contributed by atoms with E-state index in [1.54, 1.807) is 0 Å². The number of thioether (sulfide) groups is 1. The third-order valence-electron chi connectivity index (χ3n) is 3.06. The van der Waals surface area contributed by atoms with Crippen molar-refractivity contribution in [2.24, 2.45) is 0 Å². The van der Waals surface area contributed by atoms with E-state index in [1.165, 1.54) is 17.8 Å². The number of aromatic amines is 1. The fourth-order valence-corrected chi connectivity index (χ4v) is 2.72. The summed E-state index contributed by atoms with van der Waals surface area (Å²) in [5, 5.41) is 3.25. The molecule has 2 N–H and O–H groups in total. The van der Waals surface area contributed by atoms with E-state index in [4.69, 9.17) is 4.74 Å². The molecule has 0 fully saturated rings. The van der Waals surface area contributed by atoms with Gasteiger partial charge in [0.05, 0.1) is 12.3 Å². The van der Waals surface area contributed by atoms with Crippen LogP contribution in [-0.4, -0.2) is 34.8 Å². The van der Waals surface area contributed by atoms with E-state index < -0.39 is 0 Å². The maximum atomic E-state index is 11.8. The van der Waals surface area contributed by atoms with Crippen molar-refractivity contribution in [2.45, 2.75) is 24.9 Å². The molecule has 0 bridgehead atoms. The molecule has 0 aliphatic carbocycles. The average molecular weight is 347 g/mol. The van der Waals surface area contributed by atoms with Crippen LogP contribution < -0.4 is 15.6 Å². The lowest BCUT2D eigenvalue weighted by Crippen LogP contribution is -2.29. The van der Waals surface area contributed by atoms with E-state index in [1.807, 2.05) is 37.3 Å². The molecule has 128 valence electrons. The van der Waals surface area contributed by atoms with Gasteiger partial charge >= 0.3 is 0 Å². The summed E-state index contributed by atoms with van der Waals surface area (Å²) in [6, 6.07) is 10.9. The Morgan fingerprint density at radius 1 is 1.33 bits per heavy atom. The number of hydrogen-bond acceptors (Lipinski definition) is 5. The number of carbonyl (C=O) groups excluding carboxylic acids is 1. The molecule has 1 aromatic carbocycles. The summed E-state index contributed by atoms with van der Waals surface area (Å²) >= 11 is 1.22. The van der Waals surface area contributed by atoms with Gasteiger partial charge in [0.25, 0.3) is 5.56 Å². The number of amides is 1.